The van der Waals surface area contributed by atoms with Gasteiger partial charge >= 0.3 is 0 Å². The molecule has 0 amide bonds. The number of para-hydroxylation sites is 4. The van der Waals surface area contributed by atoms with Crippen LogP contribution in [0.2, 0.25) is 0 Å². The summed E-state index contributed by atoms with van der Waals surface area (Å²) in [6.07, 6.45) is 7.69. The lowest BCUT2D eigenvalue weighted by Crippen LogP contribution is -2.02. The van der Waals surface area contributed by atoms with E-state index in [0.717, 1.165) is 80.2 Å². The minimum atomic E-state index is 0.627. The lowest BCUT2D eigenvalue weighted by atomic mass is 9.91. The normalized spacial score (nSPS) is 12.5. The van der Waals surface area contributed by atoms with Crippen molar-refractivity contribution < 1.29 is 0 Å². The third-order valence-corrected chi connectivity index (χ3v) is 9.93. The van der Waals surface area contributed by atoms with E-state index in [-0.39, 0.29) is 0 Å². The number of rotatable bonds is 4. The molecule has 0 saturated heterocycles. The molecule has 9 rings (SSSR count). The average molecular weight is 627 g/mol. The Morgan fingerprint density at radius 3 is 1.98 bits per heavy atom. The maximum Gasteiger partial charge on any atom is 0.101 e. The molecule has 0 spiro atoms. The second kappa shape index (κ2) is 11.6. The molecule has 230 valence electrons. The van der Waals surface area contributed by atoms with Gasteiger partial charge in [0.1, 0.15) is 6.07 Å². The Morgan fingerprint density at radius 2 is 1.18 bits per heavy atom. The molecule has 8 aromatic rings. The molecule has 6 aromatic carbocycles. The first-order valence-electron chi connectivity index (χ1n) is 16.7. The van der Waals surface area contributed by atoms with Crippen molar-refractivity contribution in [3.63, 3.8) is 0 Å². The Hall–Kier alpha value is -6.62. The molecule has 0 atom stereocenters. The average Bonchev–Trinajstić information content (AvgIpc) is 3.55. The molecule has 0 N–H and O–H groups in total. The standard InChI is InChI=1S/C45H30N4/c46-28-30-13-12-20-40-39-19-8-11-24-44(39)49(45(30)40)43-23-10-6-17-36(43)35-15-5-4-14-34(35)33-26-25-32(27-31(33)29-47)48-41-21-3-1-2-16-37(41)38-18-7-9-22-42(38)48/h2,4-20,22-27H,1,3,21H2. The molecule has 0 fully saturated rings. The zero-order valence-corrected chi connectivity index (χ0v) is 26.8. The van der Waals surface area contributed by atoms with Gasteiger partial charge in [-0.2, -0.15) is 10.5 Å². The van der Waals surface area contributed by atoms with Crippen molar-refractivity contribution in [3.8, 4) is 45.8 Å². The van der Waals surface area contributed by atoms with E-state index in [1.54, 1.807) is 0 Å². The number of allylic oxidation sites excluding steroid dienone is 1. The van der Waals surface area contributed by atoms with E-state index < -0.39 is 0 Å². The predicted molar refractivity (Wildman–Crippen MR) is 200 cm³/mol. The Balaban J connectivity index is 1.25. The van der Waals surface area contributed by atoms with Crippen LogP contribution >= 0.6 is 0 Å². The van der Waals surface area contributed by atoms with Crippen LogP contribution in [-0.2, 0) is 6.42 Å². The van der Waals surface area contributed by atoms with E-state index in [1.807, 2.05) is 42.5 Å². The second-order valence-corrected chi connectivity index (χ2v) is 12.6. The van der Waals surface area contributed by atoms with E-state index in [4.69, 9.17) is 0 Å². The van der Waals surface area contributed by atoms with Gasteiger partial charge in [0.2, 0.25) is 0 Å². The highest BCUT2D eigenvalue weighted by Gasteiger charge is 2.22. The largest absolute Gasteiger partial charge is 0.313 e. The summed E-state index contributed by atoms with van der Waals surface area (Å²) in [6.45, 7) is 0. The number of benzene rings is 6. The van der Waals surface area contributed by atoms with Crippen molar-refractivity contribution in [2.24, 2.45) is 0 Å². The molecule has 2 heterocycles. The van der Waals surface area contributed by atoms with Crippen LogP contribution in [0.4, 0.5) is 0 Å². The van der Waals surface area contributed by atoms with Gasteiger partial charge in [-0.3, -0.25) is 0 Å². The molecular formula is C45H30N4. The fourth-order valence-corrected chi connectivity index (χ4v) is 7.84. The molecule has 1 aliphatic rings. The summed E-state index contributed by atoms with van der Waals surface area (Å²) in [5.41, 5.74) is 12.8. The van der Waals surface area contributed by atoms with Crippen molar-refractivity contribution in [1.82, 2.24) is 9.13 Å². The highest BCUT2D eigenvalue weighted by Crippen LogP contribution is 2.42. The smallest absolute Gasteiger partial charge is 0.101 e. The van der Waals surface area contributed by atoms with E-state index >= 15 is 0 Å². The molecule has 0 bridgehead atoms. The van der Waals surface area contributed by atoms with Crippen molar-refractivity contribution in [2.75, 3.05) is 0 Å². The number of aromatic nitrogens is 2. The van der Waals surface area contributed by atoms with E-state index in [0.29, 0.717) is 11.1 Å². The topological polar surface area (TPSA) is 57.4 Å². The van der Waals surface area contributed by atoms with E-state index in [2.05, 4.69) is 124 Å². The lowest BCUT2D eigenvalue weighted by Gasteiger charge is -2.18. The maximum absolute atomic E-state index is 10.7. The molecule has 2 aromatic heterocycles. The zero-order valence-electron chi connectivity index (χ0n) is 26.8. The van der Waals surface area contributed by atoms with Crippen LogP contribution in [0.3, 0.4) is 0 Å². The quantitative estimate of drug-likeness (QED) is 0.195. The number of hydrogen-bond acceptors (Lipinski definition) is 2. The van der Waals surface area contributed by atoms with Gasteiger partial charge in [-0.1, -0.05) is 109 Å². The molecule has 4 heteroatoms. The Morgan fingerprint density at radius 1 is 0.531 bits per heavy atom. The summed E-state index contributed by atoms with van der Waals surface area (Å²) in [5.74, 6) is 0. The van der Waals surface area contributed by atoms with Gasteiger partial charge in [0.05, 0.1) is 39.4 Å². The molecule has 0 aliphatic heterocycles. The summed E-state index contributed by atoms with van der Waals surface area (Å²) in [7, 11) is 0. The van der Waals surface area contributed by atoms with Crippen LogP contribution in [0.1, 0.15) is 35.2 Å². The Bertz CT molecular complexity index is 2720. The summed E-state index contributed by atoms with van der Waals surface area (Å²) in [4.78, 5) is 0. The number of nitriles is 2. The highest BCUT2D eigenvalue weighted by molar-refractivity contribution is 6.11. The van der Waals surface area contributed by atoms with Gasteiger partial charge in [-0.05, 0) is 66.8 Å². The first-order valence-corrected chi connectivity index (χ1v) is 16.7. The number of nitrogens with zero attached hydrogens (tertiary/aromatic N) is 4. The molecule has 0 radical (unpaired) electrons. The summed E-state index contributed by atoms with van der Waals surface area (Å²) < 4.78 is 4.57. The maximum atomic E-state index is 10.7. The highest BCUT2D eigenvalue weighted by atomic mass is 15.0. The number of hydrogen-bond donors (Lipinski definition) is 0. The molecule has 0 unspecified atom stereocenters. The Kier molecular flexibility index (Phi) is 6.75. The summed E-state index contributed by atoms with van der Waals surface area (Å²) in [6, 6.07) is 50.8. The van der Waals surface area contributed by atoms with Crippen LogP contribution in [0, 0.1) is 22.7 Å². The fraction of sp³-hybridized carbons (Fsp3) is 0.0667. The van der Waals surface area contributed by atoms with E-state index in [1.165, 1.54) is 16.6 Å². The first kappa shape index (κ1) is 28.6. The number of fused-ring (bicyclic) bond motifs is 6. The Labute approximate surface area is 284 Å². The SMILES string of the molecule is N#Cc1cc(-n2c3c(c4ccccc42)C=CCCC3)ccc1-c1ccccc1-c1ccccc1-n1c2ccccc2c2cccc(C#N)c21. The van der Waals surface area contributed by atoms with E-state index in [9.17, 15) is 10.5 Å². The van der Waals surface area contributed by atoms with Gasteiger partial charge in [-0.25, -0.2) is 0 Å². The van der Waals surface area contributed by atoms with Crippen LogP contribution in [0.5, 0.6) is 0 Å². The van der Waals surface area contributed by atoms with Crippen LogP contribution in [0.25, 0.3) is 72.4 Å². The van der Waals surface area contributed by atoms with Crippen LogP contribution in [-0.4, -0.2) is 9.13 Å². The molecule has 0 saturated carbocycles. The van der Waals surface area contributed by atoms with Gasteiger partial charge in [0.15, 0.2) is 0 Å². The fourth-order valence-electron chi connectivity index (χ4n) is 7.84. The molecule has 1 aliphatic carbocycles. The summed E-state index contributed by atoms with van der Waals surface area (Å²) >= 11 is 0. The van der Waals surface area contributed by atoms with Gasteiger partial charge < -0.3 is 9.13 Å². The lowest BCUT2D eigenvalue weighted by molar-refractivity contribution is 0.807. The molecule has 49 heavy (non-hydrogen) atoms. The third kappa shape index (κ3) is 4.43. The van der Waals surface area contributed by atoms with Gasteiger partial charge in [0, 0.05) is 44.2 Å². The van der Waals surface area contributed by atoms with Gasteiger partial charge in [0.25, 0.3) is 0 Å². The molecular weight excluding hydrogens is 597 g/mol. The first-order chi connectivity index (χ1) is 24.3. The van der Waals surface area contributed by atoms with Crippen LogP contribution in [0.15, 0.2) is 140 Å². The zero-order chi connectivity index (χ0) is 32.9. The van der Waals surface area contributed by atoms with Crippen molar-refractivity contribution >= 4 is 38.8 Å². The predicted octanol–water partition coefficient (Wildman–Crippen LogP) is 11.2. The van der Waals surface area contributed by atoms with Gasteiger partial charge in [-0.15, -0.1) is 0 Å². The second-order valence-electron chi connectivity index (χ2n) is 12.6. The van der Waals surface area contributed by atoms with Crippen LogP contribution < -0.4 is 0 Å². The third-order valence-electron chi connectivity index (χ3n) is 9.93. The molecule has 4 nitrogen and oxygen atoms in total. The van der Waals surface area contributed by atoms with Crippen molar-refractivity contribution in [2.45, 2.75) is 19.3 Å². The summed E-state index contributed by atoms with van der Waals surface area (Å²) in [5, 5.41) is 24.2. The van der Waals surface area contributed by atoms with Crippen molar-refractivity contribution in [3.05, 3.63) is 162 Å². The minimum Gasteiger partial charge on any atom is -0.313 e. The van der Waals surface area contributed by atoms with Crippen molar-refractivity contribution in [1.29, 1.82) is 10.5 Å². The monoisotopic (exact) mass is 626 g/mol. The minimum absolute atomic E-state index is 0.627.